The van der Waals surface area contributed by atoms with Crippen molar-refractivity contribution in [3.05, 3.63) is 0 Å². The molecule has 1 spiro atoms. The van der Waals surface area contributed by atoms with Crippen molar-refractivity contribution in [1.82, 2.24) is 5.32 Å². The molecule has 0 aromatic heterocycles. The lowest BCUT2D eigenvalue weighted by molar-refractivity contribution is -0.177. The van der Waals surface area contributed by atoms with Crippen LogP contribution in [-0.4, -0.2) is 55.3 Å². The Morgan fingerprint density at radius 2 is 1.89 bits per heavy atom. The van der Waals surface area contributed by atoms with Crippen LogP contribution >= 0.6 is 11.8 Å². The fourth-order valence-corrected chi connectivity index (χ4v) is 5.25. The monoisotopic (exact) mass is 287 g/mol. The van der Waals surface area contributed by atoms with E-state index in [0.717, 1.165) is 39.1 Å². The Morgan fingerprint density at radius 1 is 1.11 bits per heavy atom. The van der Waals surface area contributed by atoms with Gasteiger partial charge in [0.25, 0.3) is 0 Å². The van der Waals surface area contributed by atoms with Gasteiger partial charge in [0.15, 0.2) is 5.79 Å². The number of rotatable bonds is 3. The minimum Gasteiger partial charge on any atom is -0.377 e. The van der Waals surface area contributed by atoms with E-state index in [0.29, 0.717) is 22.6 Å². The van der Waals surface area contributed by atoms with Crippen LogP contribution in [0.2, 0.25) is 0 Å². The Bertz CT molecular complexity index is 309. The second-order valence-electron chi connectivity index (χ2n) is 5.82. The molecular weight excluding hydrogens is 262 g/mol. The molecule has 1 saturated carbocycles. The lowest BCUT2D eigenvalue weighted by atomic mass is 9.89. The molecule has 3 aliphatic rings. The van der Waals surface area contributed by atoms with E-state index in [1.165, 1.54) is 6.42 Å². The minimum absolute atomic E-state index is 0.284. The van der Waals surface area contributed by atoms with Crippen LogP contribution in [0, 0.1) is 0 Å². The van der Waals surface area contributed by atoms with Gasteiger partial charge in [0.1, 0.15) is 0 Å². The maximum Gasteiger partial charge on any atom is 0.169 e. The molecule has 2 aliphatic heterocycles. The number of hydrogen-bond acceptors (Lipinski definition) is 5. The van der Waals surface area contributed by atoms with Gasteiger partial charge in [0.2, 0.25) is 0 Å². The van der Waals surface area contributed by atoms with Gasteiger partial charge in [-0.25, -0.2) is 0 Å². The van der Waals surface area contributed by atoms with Crippen molar-refractivity contribution in [1.29, 1.82) is 0 Å². The molecule has 3 fully saturated rings. The molecule has 1 aliphatic carbocycles. The number of hydrogen-bond donors (Lipinski definition) is 1. The van der Waals surface area contributed by atoms with E-state index in [-0.39, 0.29) is 5.79 Å². The van der Waals surface area contributed by atoms with Crippen LogP contribution < -0.4 is 5.32 Å². The highest BCUT2D eigenvalue weighted by Gasteiger charge is 2.46. The van der Waals surface area contributed by atoms with Gasteiger partial charge < -0.3 is 19.5 Å². The molecule has 1 N–H and O–H groups in total. The zero-order chi connectivity index (χ0) is 13.3. The SMILES string of the molecule is CNC1CCC2(CC1SC1CCOC1C)OCCO2. The molecule has 4 unspecified atom stereocenters. The van der Waals surface area contributed by atoms with E-state index < -0.39 is 0 Å². The van der Waals surface area contributed by atoms with Crippen molar-refractivity contribution < 1.29 is 14.2 Å². The lowest BCUT2D eigenvalue weighted by Crippen LogP contribution is -2.49. The summed E-state index contributed by atoms with van der Waals surface area (Å²) < 4.78 is 17.5. The van der Waals surface area contributed by atoms with Crippen LogP contribution in [-0.2, 0) is 14.2 Å². The molecule has 3 rings (SSSR count). The number of thioether (sulfide) groups is 1. The third-order valence-electron chi connectivity index (χ3n) is 4.64. The number of nitrogens with one attached hydrogen (secondary N) is 1. The average Bonchev–Trinajstić information content (AvgIpc) is 3.01. The Kier molecular flexibility index (Phi) is 4.39. The standard InChI is InChI=1S/C14H25NO3S/c1-10-12(4-6-16-10)19-13-9-14(17-7-8-18-14)5-3-11(13)15-2/h10-13,15H,3-9H2,1-2H3. The zero-order valence-corrected chi connectivity index (χ0v) is 12.7. The fourth-order valence-electron chi connectivity index (χ4n) is 3.46. The van der Waals surface area contributed by atoms with Gasteiger partial charge in [-0.1, -0.05) is 0 Å². The van der Waals surface area contributed by atoms with Crippen LogP contribution in [0.25, 0.3) is 0 Å². The van der Waals surface area contributed by atoms with Crippen LogP contribution in [0.5, 0.6) is 0 Å². The van der Waals surface area contributed by atoms with Crippen LogP contribution in [0.15, 0.2) is 0 Å². The van der Waals surface area contributed by atoms with Crippen molar-refractivity contribution in [2.45, 2.75) is 61.0 Å². The summed E-state index contributed by atoms with van der Waals surface area (Å²) in [6, 6.07) is 0.566. The molecule has 5 heteroatoms. The summed E-state index contributed by atoms with van der Waals surface area (Å²) in [7, 11) is 2.07. The van der Waals surface area contributed by atoms with E-state index in [1.807, 2.05) is 0 Å². The number of ether oxygens (including phenoxy) is 3. The van der Waals surface area contributed by atoms with E-state index in [4.69, 9.17) is 14.2 Å². The Morgan fingerprint density at radius 3 is 2.53 bits per heavy atom. The topological polar surface area (TPSA) is 39.7 Å². The summed E-state index contributed by atoms with van der Waals surface area (Å²) >= 11 is 2.08. The minimum atomic E-state index is -0.284. The predicted octanol–water partition coefficient (Wildman–Crippen LogP) is 1.78. The first kappa shape index (κ1) is 14.1. The molecule has 2 heterocycles. The van der Waals surface area contributed by atoms with E-state index in [1.54, 1.807) is 0 Å². The molecule has 4 nitrogen and oxygen atoms in total. The summed E-state index contributed by atoms with van der Waals surface area (Å²) in [5, 5.41) is 4.66. The van der Waals surface area contributed by atoms with Gasteiger partial charge in [-0.15, -0.1) is 0 Å². The maximum atomic E-state index is 5.90. The van der Waals surface area contributed by atoms with Crippen LogP contribution in [0.4, 0.5) is 0 Å². The third kappa shape index (κ3) is 2.95. The summed E-state index contributed by atoms with van der Waals surface area (Å²) in [6.07, 6.45) is 4.72. The van der Waals surface area contributed by atoms with Gasteiger partial charge in [-0.05, 0) is 26.8 Å². The smallest absolute Gasteiger partial charge is 0.169 e. The highest BCUT2D eigenvalue weighted by atomic mass is 32.2. The fraction of sp³-hybridized carbons (Fsp3) is 1.00. The molecule has 110 valence electrons. The molecule has 19 heavy (non-hydrogen) atoms. The van der Waals surface area contributed by atoms with E-state index in [9.17, 15) is 0 Å². The molecule has 4 atom stereocenters. The quantitative estimate of drug-likeness (QED) is 0.857. The molecule has 0 bridgehead atoms. The summed E-state index contributed by atoms with van der Waals surface area (Å²) in [5.41, 5.74) is 0. The van der Waals surface area contributed by atoms with Crippen LogP contribution in [0.1, 0.15) is 32.6 Å². The Hall–Kier alpha value is 0.190. The highest BCUT2D eigenvalue weighted by molar-refractivity contribution is 8.00. The molecule has 0 aromatic rings. The molecule has 0 radical (unpaired) electrons. The first-order chi connectivity index (χ1) is 9.22. The molecule has 0 aromatic carbocycles. The molecule has 0 amide bonds. The second kappa shape index (κ2) is 5.90. The van der Waals surface area contributed by atoms with Gasteiger partial charge in [-0.2, -0.15) is 11.8 Å². The van der Waals surface area contributed by atoms with Crippen molar-refractivity contribution in [2.24, 2.45) is 0 Å². The summed E-state index contributed by atoms with van der Waals surface area (Å²) in [4.78, 5) is 0. The van der Waals surface area contributed by atoms with Crippen LogP contribution in [0.3, 0.4) is 0 Å². The first-order valence-corrected chi connectivity index (χ1v) is 8.39. The molecular formula is C14H25NO3S. The van der Waals surface area contributed by atoms with E-state index in [2.05, 4.69) is 31.1 Å². The highest BCUT2D eigenvalue weighted by Crippen LogP contribution is 2.43. The van der Waals surface area contributed by atoms with Gasteiger partial charge in [-0.3, -0.25) is 0 Å². The predicted molar refractivity (Wildman–Crippen MR) is 76.5 cm³/mol. The van der Waals surface area contributed by atoms with Gasteiger partial charge in [0, 0.05) is 36.0 Å². The van der Waals surface area contributed by atoms with Gasteiger partial charge >= 0.3 is 0 Å². The Balaban J connectivity index is 1.65. The molecule has 2 saturated heterocycles. The van der Waals surface area contributed by atoms with Crippen molar-refractivity contribution in [3.8, 4) is 0 Å². The lowest BCUT2D eigenvalue weighted by Gasteiger charge is -2.41. The van der Waals surface area contributed by atoms with Crippen molar-refractivity contribution in [3.63, 3.8) is 0 Å². The van der Waals surface area contributed by atoms with Crippen molar-refractivity contribution >= 4 is 11.8 Å². The zero-order valence-electron chi connectivity index (χ0n) is 11.9. The summed E-state index contributed by atoms with van der Waals surface area (Å²) in [5.74, 6) is -0.284. The van der Waals surface area contributed by atoms with E-state index >= 15 is 0 Å². The Labute approximate surface area is 119 Å². The second-order valence-corrected chi connectivity index (χ2v) is 7.31. The largest absolute Gasteiger partial charge is 0.377 e. The maximum absolute atomic E-state index is 5.90. The average molecular weight is 287 g/mol. The first-order valence-electron chi connectivity index (χ1n) is 7.45. The normalized spacial score (nSPS) is 42.0. The van der Waals surface area contributed by atoms with Gasteiger partial charge in [0.05, 0.1) is 19.3 Å². The van der Waals surface area contributed by atoms with Crippen molar-refractivity contribution in [2.75, 3.05) is 26.9 Å². The summed E-state index contributed by atoms with van der Waals surface area (Å²) in [6.45, 7) is 4.61. The third-order valence-corrected chi connectivity index (χ3v) is 6.45.